The standard InChI is InChI=1S/C9H20N2O3/c1-7(4-5-9(12)11-10)14-8(2)6-13-3/h7-8H,4-6,10H2,1-3H3,(H,11,12). The normalized spacial score (nSPS) is 14.9. The molecule has 1 amide bonds. The van der Waals surface area contributed by atoms with Crippen molar-refractivity contribution >= 4 is 5.91 Å². The van der Waals surface area contributed by atoms with Gasteiger partial charge in [0.15, 0.2) is 0 Å². The van der Waals surface area contributed by atoms with Gasteiger partial charge in [0.25, 0.3) is 0 Å². The van der Waals surface area contributed by atoms with Gasteiger partial charge in [-0.25, -0.2) is 5.84 Å². The molecule has 0 spiro atoms. The van der Waals surface area contributed by atoms with Crippen LogP contribution in [0.2, 0.25) is 0 Å². The number of hydrogen-bond donors (Lipinski definition) is 2. The molecular weight excluding hydrogens is 184 g/mol. The molecule has 5 nitrogen and oxygen atoms in total. The molecule has 0 rings (SSSR count). The fourth-order valence-corrected chi connectivity index (χ4v) is 1.15. The molecule has 0 fully saturated rings. The van der Waals surface area contributed by atoms with Gasteiger partial charge in [0.2, 0.25) is 5.91 Å². The lowest BCUT2D eigenvalue weighted by molar-refractivity contribution is -0.122. The summed E-state index contributed by atoms with van der Waals surface area (Å²) in [7, 11) is 1.63. The van der Waals surface area contributed by atoms with Crippen LogP contribution in [0.4, 0.5) is 0 Å². The average molecular weight is 204 g/mol. The maximum atomic E-state index is 10.8. The molecule has 0 aliphatic rings. The third-order valence-corrected chi connectivity index (χ3v) is 1.80. The van der Waals surface area contributed by atoms with Crippen molar-refractivity contribution in [1.82, 2.24) is 5.43 Å². The van der Waals surface area contributed by atoms with Gasteiger partial charge in [0.05, 0.1) is 18.8 Å². The Morgan fingerprint density at radius 1 is 1.43 bits per heavy atom. The summed E-state index contributed by atoms with van der Waals surface area (Å²) in [6.07, 6.45) is 1.14. The summed E-state index contributed by atoms with van der Waals surface area (Å²) in [5.41, 5.74) is 2.08. The number of hydrazine groups is 1. The highest BCUT2D eigenvalue weighted by molar-refractivity contribution is 5.75. The van der Waals surface area contributed by atoms with Crippen molar-refractivity contribution in [3.8, 4) is 0 Å². The number of nitrogens with one attached hydrogen (secondary N) is 1. The first-order valence-electron chi connectivity index (χ1n) is 4.74. The lowest BCUT2D eigenvalue weighted by Gasteiger charge is -2.18. The Bertz CT molecular complexity index is 164. The van der Waals surface area contributed by atoms with Crippen LogP contribution in [0.5, 0.6) is 0 Å². The highest BCUT2D eigenvalue weighted by atomic mass is 16.5. The minimum Gasteiger partial charge on any atom is -0.382 e. The average Bonchev–Trinajstić information content (AvgIpc) is 2.14. The molecule has 3 N–H and O–H groups in total. The van der Waals surface area contributed by atoms with E-state index >= 15 is 0 Å². The molecular formula is C9H20N2O3. The third kappa shape index (κ3) is 6.82. The maximum Gasteiger partial charge on any atom is 0.233 e. The van der Waals surface area contributed by atoms with Crippen LogP contribution in [0.3, 0.4) is 0 Å². The predicted molar refractivity (Wildman–Crippen MR) is 53.4 cm³/mol. The van der Waals surface area contributed by atoms with Crippen LogP contribution in [0.15, 0.2) is 0 Å². The third-order valence-electron chi connectivity index (χ3n) is 1.80. The van der Waals surface area contributed by atoms with E-state index in [1.165, 1.54) is 0 Å². The van der Waals surface area contributed by atoms with Crippen LogP contribution in [0, 0.1) is 0 Å². The van der Waals surface area contributed by atoms with Gasteiger partial charge in [0, 0.05) is 13.5 Å². The maximum absolute atomic E-state index is 10.8. The van der Waals surface area contributed by atoms with Gasteiger partial charge in [-0.15, -0.1) is 0 Å². The molecule has 0 aromatic heterocycles. The number of nitrogens with two attached hydrogens (primary N) is 1. The van der Waals surface area contributed by atoms with Gasteiger partial charge in [-0.05, 0) is 20.3 Å². The number of rotatable bonds is 7. The van der Waals surface area contributed by atoms with Crippen LogP contribution in [0.1, 0.15) is 26.7 Å². The first kappa shape index (κ1) is 13.4. The summed E-state index contributed by atoms with van der Waals surface area (Å²) in [6.45, 7) is 4.42. The number of hydrogen-bond acceptors (Lipinski definition) is 4. The van der Waals surface area contributed by atoms with Crippen molar-refractivity contribution in [2.45, 2.75) is 38.9 Å². The van der Waals surface area contributed by atoms with E-state index in [4.69, 9.17) is 15.3 Å². The van der Waals surface area contributed by atoms with Gasteiger partial charge >= 0.3 is 0 Å². The SMILES string of the molecule is COCC(C)OC(C)CCC(=O)NN. The molecule has 0 radical (unpaired) electrons. The molecule has 0 aliphatic carbocycles. The predicted octanol–water partition coefficient (Wildman–Crippen LogP) is 0.197. The smallest absolute Gasteiger partial charge is 0.233 e. The second-order valence-corrected chi connectivity index (χ2v) is 3.32. The van der Waals surface area contributed by atoms with Crippen LogP contribution in [-0.4, -0.2) is 31.8 Å². The summed E-state index contributed by atoms with van der Waals surface area (Å²) in [6, 6.07) is 0. The Labute approximate surface area is 84.9 Å². The van der Waals surface area contributed by atoms with Crippen molar-refractivity contribution in [1.29, 1.82) is 0 Å². The van der Waals surface area contributed by atoms with E-state index in [0.29, 0.717) is 19.4 Å². The van der Waals surface area contributed by atoms with E-state index in [1.807, 2.05) is 13.8 Å². The number of methoxy groups -OCH3 is 1. The minimum atomic E-state index is -0.167. The quantitative estimate of drug-likeness (QED) is 0.353. The number of ether oxygens (including phenoxy) is 2. The van der Waals surface area contributed by atoms with Crippen LogP contribution >= 0.6 is 0 Å². The number of amides is 1. The van der Waals surface area contributed by atoms with Crippen molar-refractivity contribution in [3.05, 3.63) is 0 Å². The highest BCUT2D eigenvalue weighted by Crippen LogP contribution is 2.05. The second kappa shape index (κ2) is 7.73. The zero-order valence-electron chi connectivity index (χ0n) is 9.08. The van der Waals surface area contributed by atoms with E-state index in [-0.39, 0.29) is 18.1 Å². The molecule has 5 heteroatoms. The van der Waals surface area contributed by atoms with E-state index in [0.717, 1.165) is 0 Å². The molecule has 0 aliphatic heterocycles. The summed E-state index contributed by atoms with van der Waals surface area (Å²) in [5, 5.41) is 0. The molecule has 0 saturated carbocycles. The topological polar surface area (TPSA) is 73.6 Å². The summed E-state index contributed by atoms with van der Waals surface area (Å²) in [4.78, 5) is 10.8. The number of carbonyl (C=O) groups excluding carboxylic acids is 1. The summed E-state index contributed by atoms with van der Waals surface area (Å²) < 4.78 is 10.5. The van der Waals surface area contributed by atoms with E-state index in [9.17, 15) is 4.79 Å². The molecule has 2 atom stereocenters. The van der Waals surface area contributed by atoms with E-state index in [2.05, 4.69) is 5.43 Å². The van der Waals surface area contributed by atoms with Gasteiger partial charge in [-0.2, -0.15) is 0 Å². The van der Waals surface area contributed by atoms with Gasteiger partial charge in [-0.1, -0.05) is 0 Å². The molecule has 0 heterocycles. The first-order valence-corrected chi connectivity index (χ1v) is 4.74. The van der Waals surface area contributed by atoms with Crippen LogP contribution in [-0.2, 0) is 14.3 Å². The van der Waals surface area contributed by atoms with Crippen molar-refractivity contribution in [2.24, 2.45) is 5.84 Å². The van der Waals surface area contributed by atoms with Crippen LogP contribution in [0.25, 0.3) is 0 Å². The van der Waals surface area contributed by atoms with Crippen molar-refractivity contribution in [3.63, 3.8) is 0 Å². The molecule has 0 aromatic rings. The van der Waals surface area contributed by atoms with Crippen LogP contribution < -0.4 is 11.3 Å². The highest BCUT2D eigenvalue weighted by Gasteiger charge is 2.09. The van der Waals surface area contributed by atoms with Crippen molar-refractivity contribution in [2.75, 3.05) is 13.7 Å². The van der Waals surface area contributed by atoms with E-state index < -0.39 is 0 Å². The molecule has 2 unspecified atom stereocenters. The monoisotopic (exact) mass is 204 g/mol. The second-order valence-electron chi connectivity index (χ2n) is 3.32. The Hall–Kier alpha value is -0.650. The van der Waals surface area contributed by atoms with Crippen molar-refractivity contribution < 1.29 is 14.3 Å². The first-order chi connectivity index (χ1) is 6.60. The van der Waals surface area contributed by atoms with Gasteiger partial charge in [0.1, 0.15) is 0 Å². The summed E-state index contributed by atoms with van der Waals surface area (Å²) in [5.74, 6) is 4.78. The zero-order chi connectivity index (χ0) is 11.0. The Morgan fingerprint density at radius 3 is 2.57 bits per heavy atom. The molecule has 0 saturated heterocycles. The van der Waals surface area contributed by atoms with E-state index in [1.54, 1.807) is 7.11 Å². The fourth-order valence-electron chi connectivity index (χ4n) is 1.15. The Morgan fingerprint density at radius 2 is 2.07 bits per heavy atom. The lowest BCUT2D eigenvalue weighted by Crippen LogP contribution is -2.31. The largest absolute Gasteiger partial charge is 0.382 e. The summed E-state index contributed by atoms with van der Waals surface area (Å²) >= 11 is 0. The van der Waals surface area contributed by atoms with Gasteiger partial charge < -0.3 is 9.47 Å². The minimum absolute atomic E-state index is 0.0393. The molecule has 0 aromatic carbocycles. The lowest BCUT2D eigenvalue weighted by atomic mass is 10.2. The Balaban J connectivity index is 3.54. The van der Waals surface area contributed by atoms with Gasteiger partial charge in [-0.3, -0.25) is 10.2 Å². The zero-order valence-corrected chi connectivity index (χ0v) is 9.08. The fraction of sp³-hybridized carbons (Fsp3) is 0.889. The molecule has 0 bridgehead atoms. The number of carbonyl (C=O) groups is 1. The molecule has 14 heavy (non-hydrogen) atoms. The molecule has 84 valence electrons. The Kier molecular flexibility index (Phi) is 7.37.